The van der Waals surface area contributed by atoms with Crippen molar-refractivity contribution in [2.45, 2.75) is 44.9 Å². The highest BCUT2D eigenvalue weighted by Crippen LogP contribution is 2.24. The molecule has 16 heavy (non-hydrogen) atoms. The zero-order valence-corrected chi connectivity index (χ0v) is 12.3. The van der Waals surface area contributed by atoms with E-state index in [0.717, 1.165) is 18.7 Å². The molecule has 1 aromatic rings. The molecule has 1 rings (SSSR count). The fraction of sp³-hybridized carbons (Fsp3) is 0.750. The Morgan fingerprint density at radius 3 is 2.75 bits per heavy atom. The van der Waals surface area contributed by atoms with Crippen LogP contribution < -0.4 is 5.32 Å². The van der Waals surface area contributed by atoms with Crippen LogP contribution >= 0.6 is 23.1 Å². The summed E-state index contributed by atoms with van der Waals surface area (Å²) in [5.41, 5.74) is 1.91. The minimum absolute atomic E-state index is 0.349. The van der Waals surface area contributed by atoms with E-state index in [1.807, 2.05) is 23.5 Å². The molecule has 0 amide bonds. The lowest BCUT2D eigenvalue weighted by atomic mass is 10.2. The standard InChI is InChI=1S/C12H22N2S2/c1-5-14-10(8-16-12(2,3)4)6-11-7-13-9-15-11/h7,9-10,14H,5-6,8H2,1-4H3. The number of hydrogen-bond donors (Lipinski definition) is 1. The highest BCUT2D eigenvalue weighted by atomic mass is 32.2. The van der Waals surface area contributed by atoms with Gasteiger partial charge < -0.3 is 5.32 Å². The summed E-state index contributed by atoms with van der Waals surface area (Å²) in [6.45, 7) is 10.0. The predicted molar refractivity (Wildman–Crippen MR) is 75.5 cm³/mol. The van der Waals surface area contributed by atoms with Crippen molar-refractivity contribution in [2.24, 2.45) is 0 Å². The van der Waals surface area contributed by atoms with Crippen LogP contribution in [0.25, 0.3) is 0 Å². The van der Waals surface area contributed by atoms with E-state index in [1.165, 1.54) is 4.88 Å². The van der Waals surface area contributed by atoms with Gasteiger partial charge in [0.2, 0.25) is 0 Å². The van der Waals surface area contributed by atoms with Crippen LogP contribution in [0.4, 0.5) is 0 Å². The maximum Gasteiger partial charge on any atom is 0.0794 e. The van der Waals surface area contributed by atoms with Gasteiger partial charge in [0.15, 0.2) is 0 Å². The number of thioether (sulfide) groups is 1. The summed E-state index contributed by atoms with van der Waals surface area (Å²) in [5.74, 6) is 1.16. The molecule has 0 radical (unpaired) electrons. The maximum atomic E-state index is 4.13. The van der Waals surface area contributed by atoms with E-state index in [2.05, 4.69) is 38.0 Å². The molecule has 92 valence electrons. The summed E-state index contributed by atoms with van der Waals surface area (Å²) in [7, 11) is 0. The van der Waals surface area contributed by atoms with Gasteiger partial charge in [-0.3, -0.25) is 4.98 Å². The first kappa shape index (κ1) is 14.0. The van der Waals surface area contributed by atoms with E-state index in [4.69, 9.17) is 0 Å². The van der Waals surface area contributed by atoms with Crippen LogP contribution in [0.3, 0.4) is 0 Å². The van der Waals surface area contributed by atoms with Gasteiger partial charge in [-0.25, -0.2) is 0 Å². The first-order chi connectivity index (χ1) is 7.51. The molecule has 0 aliphatic heterocycles. The molecule has 1 atom stereocenters. The molecule has 1 unspecified atom stereocenters. The molecule has 0 aliphatic rings. The minimum atomic E-state index is 0.349. The summed E-state index contributed by atoms with van der Waals surface area (Å²) < 4.78 is 0.349. The lowest BCUT2D eigenvalue weighted by molar-refractivity contribution is 0.573. The zero-order valence-electron chi connectivity index (χ0n) is 10.6. The molecule has 1 heterocycles. The monoisotopic (exact) mass is 258 g/mol. The van der Waals surface area contributed by atoms with Crippen molar-refractivity contribution in [3.05, 3.63) is 16.6 Å². The molecule has 1 aromatic heterocycles. The van der Waals surface area contributed by atoms with E-state index < -0.39 is 0 Å². The molecule has 0 aliphatic carbocycles. The normalized spacial score (nSPS) is 14.0. The Bertz CT molecular complexity index is 278. The van der Waals surface area contributed by atoms with Crippen LogP contribution in [0.15, 0.2) is 11.7 Å². The zero-order chi connectivity index (χ0) is 12.0. The Morgan fingerprint density at radius 2 is 2.25 bits per heavy atom. The molecule has 0 saturated carbocycles. The number of thiazole rings is 1. The fourth-order valence-corrected chi connectivity index (χ4v) is 3.03. The van der Waals surface area contributed by atoms with Crippen LogP contribution in [0.5, 0.6) is 0 Å². The topological polar surface area (TPSA) is 24.9 Å². The van der Waals surface area contributed by atoms with Crippen molar-refractivity contribution in [2.75, 3.05) is 12.3 Å². The molecule has 0 fully saturated rings. The van der Waals surface area contributed by atoms with E-state index in [-0.39, 0.29) is 0 Å². The summed E-state index contributed by atoms with van der Waals surface area (Å²) in [5, 5.41) is 3.55. The molecular weight excluding hydrogens is 236 g/mol. The molecular formula is C12H22N2S2. The molecule has 1 N–H and O–H groups in total. The first-order valence-electron chi connectivity index (χ1n) is 5.76. The Hall–Kier alpha value is -0.0600. The summed E-state index contributed by atoms with van der Waals surface area (Å²) in [6.07, 6.45) is 3.08. The van der Waals surface area contributed by atoms with Crippen molar-refractivity contribution in [3.8, 4) is 0 Å². The van der Waals surface area contributed by atoms with E-state index in [1.54, 1.807) is 11.3 Å². The first-order valence-corrected chi connectivity index (χ1v) is 7.62. The quantitative estimate of drug-likeness (QED) is 0.848. The van der Waals surface area contributed by atoms with Crippen LogP contribution in [0, 0.1) is 0 Å². The number of rotatable bonds is 6. The highest BCUT2D eigenvalue weighted by Gasteiger charge is 2.15. The third kappa shape index (κ3) is 5.87. The van der Waals surface area contributed by atoms with Gasteiger partial charge in [0.05, 0.1) is 5.51 Å². The van der Waals surface area contributed by atoms with Crippen LogP contribution in [-0.4, -0.2) is 28.1 Å². The van der Waals surface area contributed by atoms with Gasteiger partial charge in [-0.05, 0) is 13.0 Å². The molecule has 0 bridgehead atoms. The van der Waals surface area contributed by atoms with Crippen molar-refractivity contribution in [1.82, 2.24) is 10.3 Å². The van der Waals surface area contributed by atoms with E-state index in [0.29, 0.717) is 10.8 Å². The van der Waals surface area contributed by atoms with E-state index in [9.17, 15) is 0 Å². The fourth-order valence-electron chi connectivity index (χ4n) is 1.42. The van der Waals surface area contributed by atoms with Gasteiger partial charge >= 0.3 is 0 Å². The molecule has 0 aromatic carbocycles. The van der Waals surface area contributed by atoms with Gasteiger partial charge in [0, 0.05) is 27.6 Å². The van der Waals surface area contributed by atoms with Crippen molar-refractivity contribution >= 4 is 23.1 Å². The molecule has 4 heteroatoms. The Kier molecular flexibility index (Phi) is 5.79. The van der Waals surface area contributed by atoms with Crippen molar-refractivity contribution in [1.29, 1.82) is 0 Å². The van der Waals surface area contributed by atoms with Crippen LogP contribution in [0.2, 0.25) is 0 Å². The molecule has 2 nitrogen and oxygen atoms in total. The van der Waals surface area contributed by atoms with Gasteiger partial charge in [-0.15, -0.1) is 11.3 Å². The highest BCUT2D eigenvalue weighted by molar-refractivity contribution is 8.00. The third-order valence-corrected chi connectivity index (χ3v) is 4.38. The third-order valence-electron chi connectivity index (χ3n) is 2.14. The van der Waals surface area contributed by atoms with Crippen molar-refractivity contribution < 1.29 is 0 Å². The number of hydrogen-bond acceptors (Lipinski definition) is 4. The Morgan fingerprint density at radius 1 is 1.50 bits per heavy atom. The van der Waals surface area contributed by atoms with Gasteiger partial charge in [-0.2, -0.15) is 11.8 Å². The predicted octanol–water partition coefficient (Wildman–Crippen LogP) is 3.20. The van der Waals surface area contributed by atoms with E-state index >= 15 is 0 Å². The van der Waals surface area contributed by atoms with Crippen molar-refractivity contribution in [3.63, 3.8) is 0 Å². The minimum Gasteiger partial charge on any atom is -0.313 e. The number of nitrogens with one attached hydrogen (secondary N) is 1. The second-order valence-electron chi connectivity index (χ2n) is 4.85. The summed E-state index contributed by atoms with van der Waals surface area (Å²) in [4.78, 5) is 5.50. The lowest BCUT2D eigenvalue weighted by Crippen LogP contribution is -2.34. The Balaban J connectivity index is 2.41. The average Bonchev–Trinajstić information content (AvgIpc) is 2.66. The number of aromatic nitrogens is 1. The van der Waals surface area contributed by atoms with Crippen LogP contribution in [0.1, 0.15) is 32.6 Å². The number of likely N-dealkylation sites (N-methyl/N-ethyl adjacent to an activating group) is 1. The average molecular weight is 258 g/mol. The van der Waals surface area contributed by atoms with Gasteiger partial charge in [-0.1, -0.05) is 27.7 Å². The smallest absolute Gasteiger partial charge is 0.0794 e. The summed E-state index contributed by atoms with van der Waals surface area (Å²) >= 11 is 3.78. The second kappa shape index (κ2) is 6.62. The van der Waals surface area contributed by atoms with Gasteiger partial charge in [0.1, 0.15) is 0 Å². The lowest BCUT2D eigenvalue weighted by Gasteiger charge is -2.23. The molecule has 0 saturated heterocycles. The Labute approximate surface area is 107 Å². The maximum absolute atomic E-state index is 4.13. The molecule has 0 spiro atoms. The SMILES string of the molecule is CCNC(CSC(C)(C)C)Cc1cncs1. The second-order valence-corrected chi connectivity index (χ2v) is 7.67. The number of nitrogens with zero attached hydrogens (tertiary/aromatic N) is 1. The largest absolute Gasteiger partial charge is 0.313 e. The van der Waals surface area contributed by atoms with Gasteiger partial charge in [0.25, 0.3) is 0 Å². The van der Waals surface area contributed by atoms with Crippen LogP contribution in [-0.2, 0) is 6.42 Å². The summed E-state index contributed by atoms with van der Waals surface area (Å²) in [6, 6.07) is 0.565.